The van der Waals surface area contributed by atoms with Gasteiger partial charge in [-0.3, -0.25) is 14.8 Å². The highest BCUT2D eigenvalue weighted by molar-refractivity contribution is 5.80. The van der Waals surface area contributed by atoms with Gasteiger partial charge in [0.1, 0.15) is 6.10 Å². The van der Waals surface area contributed by atoms with E-state index in [2.05, 4.69) is 25.7 Å². The number of hydrogen-bond donors (Lipinski definition) is 2. The zero-order chi connectivity index (χ0) is 26.3. The summed E-state index contributed by atoms with van der Waals surface area (Å²) in [6.45, 7) is 11.2. The molecule has 206 valence electrons. The van der Waals surface area contributed by atoms with Crippen molar-refractivity contribution in [1.82, 2.24) is 0 Å². The third-order valence-corrected chi connectivity index (χ3v) is 12.1. The maximum absolute atomic E-state index is 12.6. The molecule has 0 spiro atoms. The van der Waals surface area contributed by atoms with E-state index in [1.54, 1.807) is 13.8 Å². The van der Waals surface area contributed by atoms with Gasteiger partial charge in [-0.2, -0.15) is 0 Å². The maximum Gasteiger partial charge on any atom is 0.309 e. The van der Waals surface area contributed by atoms with Crippen molar-refractivity contribution in [1.29, 1.82) is 0 Å². The normalized spacial score (nSPS) is 42.4. The van der Waals surface area contributed by atoms with Gasteiger partial charge in [0.2, 0.25) is 0 Å². The molecule has 0 aromatic rings. The van der Waals surface area contributed by atoms with Gasteiger partial charge in [0.15, 0.2) is 0 Å². The lowest BCUT2D eigenvalue weighted by Crippen LogP contribution is -2.54. The zero-order valence-corrected chi connectivity index (χ0v) is 23.2. The molecule has 4 rings (SSSR count). The molecule has 0 radical (unpaired) electrons. The van der Waals surface area contributed by atoms with Crippen LogP contribution in [0.15, 0.2) is 0 Å². The van der Waals surface area contributed by atoms with Crippen LogP contribution in [0.1, 0.15) is 105 Å². The molecule has 4 saturated carbocycles. The molecule has 11 atom stereocenters. The molecule has 6 nitrogen and oxygen atoms in total. The van der Waals surface area contributed by atoms with Crippen LogP contribution in [0, 0.1) is 58.2 Å². The van der Waals surface area contributed by atoms with E-state index < -0.39 is 17.8 Å². The van der Waals surface area contributed by atoms with Crippen molar-refractivity contribution in [2.45, 2.75) is 111 Å². The van der Waals surface area contributed by atoms with Crippen LogP contribution in [-0.2, 0) is 19.2 Å². The van der Waals surface area contributed by atoms with Crippen LogP contribution in [0.25, 0.3) is 0 Å². The molecule has 0 saturated heterocycles. The molecule has 0 aromatic heterocycles. The fraction of sp³-hybridized carbons (Fsp3) is 0.933. The van der Waals surface area contributed by atoms with Crippen molar-refractivity contribution in [2.24, 2.45) is 58.2 Å². The van der Waals surface area contributed by atoms with Crippen LogP contribution >= 0.6 is 0 Å². The Bertz CT molecular complexity index is 798. The summed E-state index contributed by atoms with van der Waals surface area (Å²) in [4.78, 5) is 28.3. The lowest BCUT2D eigenvalue weighted by Gasteiger charge is -2.61. The van der Waals surface area contributed by atoms with Gasteiger partial charge in [-0.25, -0.2) is 4.89 Å². The average Bonchev–Trinajstić information content (AvgIpc) is 3.20. The van der Waals surface area contributed by atoms with Gasteiger partial charge >= 0.3 is 11.9 Å². The fourth-order valence-corrected chi connectivity index (χ4v) is 9.66. The van der Waals surface area contributed by atoms with Crippen LogP contribution < -0.4 is 0 Å². The summed E-state index contributed by atoms with van der Waals surface area (Å²) in [6, 6.07) is 0. The Balaban J connectivity index is 1.39. The predicted molar refractivity (Wildman–Crippen MR) is 138 cm³/mol. The number of ether oxygens (including phenoxy) is 1. The van der Waals surface area contributed by atoms with Gasteiger partial charge in [0, 0.05) is 0 Å². The van der Waals surface area contributed by atoms with E-state index in [0.29, 0.717) is 29.3 Å². The number of aliphatic carboxylic acids is 1. The van der Waals surface area contributed by atoms with Crippen LogP contribution in [0.5, 0.6) is 0 Å². The van der Waals surface area contributed by atoms with Crippen molar-refractivity contribution < 1.29 is 29.6 Å². The number of carbonyl (C=O) groups excluding carboxylic acids is 1. The van der Waals surface area contributed by atoms with E-state index in [-0.39, 0.29) is 12.1 Å². The highest BCUT2D eigenvalue weighted by Gasteiger charge is 2.60. The van der Waals surface area contributed by atoms with Gasteiger partial charge in [0.25, 0.3) is 0 Å². The number of esters is 1. The van der Waals surface area contributed by atoms with Crippen LogP contribution in [0.2, 0.25) is 0 Å². The monoisotopic (exact) mass is 506 g/mol. The van der Waals surface area contributed by atoms with E-state index in [4.69, 9.17) is 9.99 Å². The third kappa shape index (κ3) is 4.98. The molecule has 0 aliphatic heterocycles. The van der Waals surface area contributed by atoms with Gasteiger partial charge in [0.05, 0.1) is 18.4 Å². The smallest absolute Gasteiger partial charge is 0.309 e. The summed E-state index contributed by atoms with van der Waals surface area (Å²) in [5, 5.41) is 18.0. The number of rotatable bonds is 9. The standard InChI is InChI=1S/C30H50O6/c1-18(7-6-16-35-34)24-10-11-25-23-9-8-21-17-22(36-28(33)20(3)19(2)27(31)32)12-14-29(21,4)26(23)13-15-30(24,25)5/h18-26,34H,6-17H2,1-5H3,(H,31,32). The van der Waals surface area contributed by atoms with E-state index in [1.165, 1.54) is 38.5 Å². The van der Waals surface area contributed by atoms with Gasteiger partial charge in [-0.05, 0) is 117 Å². The number of fused-ring (bicyclic) bond motifs is 5. The molecule has 4 aliphatic rings. The molecule has 6 heteroatoms. The minimum absolute atomic E-state index is 0.0657. The SMILES string of the molecule is CC(CCCOO)C1CCC2C3CCC4CC(OC(=O)C(C)C(C)C(=O)O)CCC4(C)C3CCC12C. The first-order chi connectivity index (χ1) is 17.0. The highest BCUT2D eigenvalue weighted by Crippen LogP contribution is 2.68. The summed E-state index contributed by atoms with van der Waals surface area (Å²) >= 11 is 0. The minimum Gasteiger partial charge on any atom is -0.481 e. The lowest BCUT2D eigenvalue weighted by atomic mass is 9.44. The van der Waals surface area contributed by atoms with Crippen LogP contribution in [-0.4, -0.2) is 35.0 Å². The van der Waals surface area contributed by atoms with Crippen molar-refractivity contribution in [2.75, 3.05) is 6.61 Å². The number of hydrogen-bond acceptors (Lipinski definition) is 5. The summed E-state index contributed by atoms with van der Waals surface area (Å²) in [7, 11) is 0. The van der Waals surface area contributed by atoms with Crippen molar-refractivity contribution >= 4 is 11.9 Å². The van der Waals surface area contributed by atoms with Crippen LogP contribution in [0.3, 0.4) is 0 Å². The molecule has 0 aromatic carbocycles. The van der Waals surface area contributed by atoms with E-state index in [1.807, 2.05) is 0 Å². The summed E-state index contributed by atoms with van der Waals surface area (Å²) in [6.07, 6.45) is 12.9. The lowest BCUT2D eigenvalue weighted by molar-refractivity contribution is -0.243. The Morgan fingerprint density at radius 2 is 1.61 bits per heavy atom. The van der Waals surface area contributed by atoms with E-state index in [0.717, 1.165) is 55.8 Å². The van der Waals surface area contributed by atoms with E-state index >= 15 is 0 Å². The number of carboxylic acids is 1. The van der Waals surface area contributed by atoms with Crippen LogP contribution in [0.4, 0.5) is 0 Å². The van der Waals surface area contributed by atoms with Crippen molar-refractivity contribution in [3.05, 3.63) is 0 Å². The first-order valence-electron chi connectivity index (χ1n) is 14.7. The molecule has 0 bridgehead atoms. The second-order valence-electron chi connectivity index (χ2n) is 13.6. The Labute approximate surface area is 217 Å². The molecule has 0 heterocycles. The van der Waals surface area contributed by atoms with Gasteiger partial charge in [-0.15, -0.1) is 0 Å². The molecular formula is C30H50O6. The molecular weight excluding hydrogens is 456 g/mol. The second kappa shape index (κ2) is 10.9. The third-order valence-electron chi connectivity index (χ3n) is 12.1. The van der Waals surface area contributed by atoms with Crippen molar-refractivity contribution in [3.8, 4) is 0 Å². The Hall–Kier alpha value is -1.14. The molecule has 0 amide bonds. The average molecular weight is 507 g/mol. The maximum atomic E-state index is 12.6. The quantitative estimate of drug-likeness (QED) is 0.154. The fourth-order valence-electron chi connectivity index (χ4n) is 9.66. The summed E-state index contributed by atoms with van der Waals surface area (Å²) < 4.78 is 5.89. The Morgan fingerprint density at radius 3 is 2.31 bits per heavy atom. The molecule has 4 aliphatic carbocycles. The second-order valence-corrected chi connectivity index (χ2v) is 13.6. The predicted octanol–water partition coefficient (Wildman–Crippen LogP) is 6.82. The van der Waals surface area contributed by atoms with Gasteiger partial charge < -0.3 is 9.84 Å². The topological polar surface area (TPSA) is 93.1 Å². The van der Waals surface area contributed by atoms with E-state index in [9.17, 15) is 14.7 Å². The molecule has 4 fully saturated rings. The van der Waals surface area contributed by atoms with Gasteiger partial charge in [-0.1, -0.05) is 34.6 Å². The molecule has 2 N–H and O–H groups in total. The molecule has 36 heavy (non-hydrogen) atoms. The minimum atomic E-state index is -0.944. The Morgan fingerprint density at radius 1 is 0.917 bits per heavy atom. The Kier molecular flexibility index (Phi) is 8.46. The van der Waals surface area contributed by atoms with Crippen molar-refractivity contribution in [3.63, 3.8) is 0 Å². The number of carboxylic acid groups (broad SMARTS) is 1. The molecule has 11 unspecified atom stereocenters. The zero-order valence-electron chi connectivity index (χ0n) is 23.2. The first kappa shape index (κ1) is 27.9. The largest absolute Gasteiger partial charge is 0.481 e. The first-order valence-corrected chi connectivity index (χ1v) is 14.7. The summed E-state index contributed by atoms with van der Waals surface area (Å²) in [5.41, 5.74) is 0.767. The highest BCUT2D eigenvalue weighted by atomic mass is 17.1. The summed E-state index contributed by atoms with van der Waals surface area (Å²) in [5.74, 6) is 1.83. The number of carbonyl (C=O) groups is 2.